The number of halogens is 1. The monoisotopic (exact) mass is 376 g/mol. The number of benzene rings is 1. The molecule has 0 unspecified atom stereocenters. The Morgan fingerprint density at radius 2 is 1.96 bits per heavy atom. The van der Waals surface area contributed by atoms with Crippen molar-refractivity contribution < 1.29 is 9.59 Å². The number of rotatable bonds is 3. The summed E-state index contributed by atoms with van der Waals surface area (Å²) >= 11 is 7.28. The van der Waals surface area contributed by atoms with Crippen molar-refractivity contribution in [2.45, 2.75) is 31.3 Å². The molecule has 4 rings (SSSR count). The lowest BCUT2D eigenvalue weighted by Gasteiger charge is -2.22. The predicted octanol–water partition coefficient (Wildman–Crippen LogP) is 3.49. The molecule has 3 heterocycles. The molecule has 6 nitrogen and oxygen atoms in total. The zero-order chi connectivity index (χ0) is 17.6. The summed E-state index contributed by atoms with van der Waals surface area (Å²) in [5.74, 6) is -0.508. The van der Waals surface area contributed by atoms with E-state index in [1.165, 1.54) is 11.3 Å². The van der Waals surface area contributed by atoms with Crippen LogP contribution >= 0.6 is 22.9 Å². The molecule has 0 saturated carbocycles. The first kappa shape index (κ1) is 16.4. The summed E-state index contributed by atoms with van der Waals surface area (Å²) in [5, 5.41) is 10.1. The highest BCUT2D eigenvalue weighted by Crippen LogP contribution is 2.45. The number of carbonyl (C=O) groups excluding carboxylic acids is 2. The van der Waals surface area contributed by atoms with Gasteiger partial charge in [-0.05, 0) is 49.1 Å². The fraction of sp³-hybridized carbons (Fsp3) is 0.294. The number of nitrogens with one attached hydrogen (secondary N) is 3. The Morgan fingerprint density at radius 3 is 2.68 bits per heavy atom. The quantitative estimate of drug-likeness (QED) is 0.660. The van der Waals surface area contributed by atoms with E-state index < -0.39 is 11.9 Å². The van der Waals surface area contributed by atoms with E-state index in [0.717, 1.165) is 29.7 Å². The van der Waals surface area contributed by atoms with Crippen molar-refractivity contribution >= 4 is 45.6 Å². The zero-order valence-corrected chi connectivity index (χ0v) is 14.8. The molecule has 130 valence electrons. The summed E-state index contributed by atoms with van der Waals surface area (Å²) in [7, 11) is 0. The third kappa shape index (κ3) is 3.10. The van der Waals surface area contributed by atoms with E-state index in [1.807, 2.05) is 0 Å². The molecule has 2 bridgehead atoms. The van der Waals surface area contributed by atoms with Crippen molar-refractivity contribution in [3.05, 3.63) is 45.3 Å². The van der Waals surface area contributed by atoms with Gasteiger partial charge in [-0.2, -0.15) is 0 Å². The van der Waals surface area contributed by atoms with Crippen LogP contribution in [0.1, 0.15) is 39.7 Å². The number of carbonyl (C=O) groups is 2. The minimum atomic E-state index is -0.508. The third-order valence-corrected chi connectivity index (χ3v) is 6.01. The van der Waals surface area contributed by atoms with E-state index in [9.17, 15) is 9.59 Å². The van der Waals surface area contributed by atoms with Gasteiger partial charge in [0.2, 0.25) is 0 Å². The molecule has 1 saturated heterocycles. The second kappa shape index (κ2) is 6.33. The summed E-state index contributed by atoms with van der Waals surface area (Å²) in [6.45, 7) is 0. The first-order chi connectivity index (χ1) is 12.0. The fourth-order valence-electron chi connectivity index (χ4n) is 3.57. The van der Waals surface area contributed by atoms with Crippen LogP contribution in [0.25, 0.3) is 0 Å². The number of hydrogen-bond donors (Lipinski definition) is 4. The van der Waals surface area contributed by atoms with Gasteiger partial charge < -0.3 is 16.4 Å². The molecular formula is C17H17ClN4O2S. The van der Waals surface area contributed by atoms with E-state index in [2.05, 4.69) is 16.0 Å². The molecule has 25 heavy (non-hydrogen) atoms. The molecule has 8 heteroatoms. The minimum Gasteiger partial charge on any atom is -0.365 e. The lowest BCUT2D eigenvalue weighted by Crippen LogP contribution is -2.32. The van der Waals surface area contributed by atoms with Gasteiger partial charge in [-0.3, -0.25) is 10.1 Å². The maximum atomic E-state index is 12.3. The highest BCUT2D eigenvalue weighted by Gasteiger charge is 2.38. The number of hydrogen-bond acceptors (Lipinski definition) is 4. The van der Waals surface area contributed by atoms with Gasteiger partial charge in [-0.15, -0.1) is 11.3 Å². The molecule has 0 aliphatic carbocycles. The van der Waals surface area contributed by atoms with Crippen LogP contribution in [-0.4, -0.2) is 18.0 Å². The molecular weight excluding hydrogens is 360 g/mol. The highest BCUT2D eigenvalue weighted by molar-refractivity contribution is 7.17. The summed E-state index contributed by atoms with van der Waals surface area (Å²) < 4.78 is 0. The lowest BCUT2D eigenvalue weighted by molar-refractivity contribution is 0.1000. The van der Waals surface area contributed by atoms with E-state index in [1.54, 1.807) is 24.3 Å². The van der Waals surface area contributed by atoms with Crippen LogP contribution in [0, 0.1) is 0 Å². The number of thiophene rings is 1. The molecule has 2 aliphatic rings. The van der Waals surface area contributed by atoms with Gasteiger partial charge in [0.1, 0.15) is 5.00 Å². The van der Waals surface area contributed by atoms with Crippen LogP contribution in [0.2, 0.25) is 5.02 Å². The van der Waals surface area contributed by atoms with Crippen molar-refractivity contribution in [1.82, 2.24) is 5.32 Å². The number of fused-ring (bicyclic) bond motifs is 4. The number of amides is 3. The Labute approximate surface area is 153 Å². The van der Waals surface area contributed by atoms with Gasteiger partial charge in [0.15, 0.2) is 0 Å². The topological polar surface area (TPSA) is 96.2 Å². The van der Waals surface area contributed by atoms with Gasteiger partial charge in [-0.25, -0.2) is 4.79 Å². The second-order valence-electron chi connectivity index (χ2n) is 6.29. The number of anilines is 2. The van der Waals surface area contributed by atoms with Crippen LogP contribution in [0.5, 0.6) is 0 Å². The summed E-state index contributed by atoms with van der Waals surface area (Å²) in [5.41, 5.74) is 7.63. The Morgan fingerprint density at radius 1 is 1.20 bits per heavy atom. The van der Waals surface area contributed by atoms with Crippen molar-refractivity contribution in [2.24, 2.45) is 5.73 Å². The van der Waals surface area contributed by atoms with Gasteiger partial charge in [0.25, 0.3) is 5.91 Å². The average Bonchev–Trinajstić information content (AvgIpc) is 3.11. The Balaban J connectivity index is 1.58. The average molecular weight is 377 g/mol. The van der Waals surface area contributed by atoms with Crippen LogP contribution in [0.3, 0.4) is 0 Å². The van der Waals surface area contributed by atoms with E-state index in [4.69, 9.17) is 17.3 Å². The fourth-order valence-corrected chi connectivity index (χ4v) is 5.04. The van der Waals surface area contributed by atoms with Crippen LogP contribution in [0.15, 0.2) is 24.3 Å². The molecule has 5 N–H and O–H groups in total. The molecule has 2 aliphatic heterocycles. The van der Waals surface area contributed by atoms with Crippen LogP contribution in [0.4, 0.5) is 15.5 Å². The normalized spacial score (nSPS) is 20.8. The lowest BCUT2D eigenvalue weighted by atomic mass is 9.98. The molecule has 0 radical (unpaired) electrons. The van der Waals surface area contributed by atoms with Gasteiger partial charge in [0.05, 0.1) is 5.56 Å². The van der Waals surface area contributed by atoms with E-state index in [-0.39, 0.29) is 6.04 Å². The molecule has 1 fully saturated rings. The van der Waals surface area contributed by atoms with Crippen molar-refractivity contribution in [3.8, 4) is 0 Å². The van der Waals surface area contributed by atoms with Crippen LogP contribution < -0.4 is 21.7 Å². The maximum absolute atomic E-state index is 12.3. The van der Waals surface area contributed by atoms with Gasteiger partial charge >= 0.3 is 6.03 Å². The van der Waals surface area contributed by atoms with Crippen molar-refractivity contribution in [2.75, 3.05) is 10.6 Å². The Kier molecular flexibility index (Phi) is 4.15. The van der Waals surface area contributed by atoms with Gasteiger partial charge in [-0.1, -0.05) is 11.6 Å². The number of urea groups is 1. The third-order valence-electron chi connectivity index (χ3n) is 4.62. The second-order valence-corrected chi connectivity index (χ2v) is 7.83. The summed E-state index contributed by atoms with van der Waals surface area (Å²) in [6, 6.07) is 6.99. The first-order valence-corrected chi connectivity index (χ1v) is 9.25. The van der Waals surface area contributed by atoms with Crippen LogP contribution in [-0.2, 0) is 6.42 Å². The van der Waals surface area contributed by atoms with Crippen molar-refractivity contribution in [1.29, 1.82) is 0 Å². The standard InChI is InChI=1S/C17H17ClN4O2S/c18-8-1-3-9(4-2-8)21-17(24)22-16-14(15(19)23)13-11-6-5-10(20-11)7-12(13)25-16/h1-4,10-11,20H,5-7H2,(H2,19,23)(H2,21,22,24)/t10-,11+/m1/s1. The molecule has 2 aromatic rings. The SMILES string of the molecule is NC(=O)c1c(NC(=O)Nc2ccc(Cl)cc2)sc2c1[C@@H]1CC[C@H](C2)N1. The summed E-state index contributed by atoms with van der Waals surface area (Å²) in [6.07, 6.45) is 2.96. The van der Waals surface area contributed by atoms with Gasteiger partial charge in [0, 0.05) is 27.7 Å². The Bertz CT molecular complexity index is 849. The molecule has 1 aromatic heterocycles. The largest absolute Gasteiger partial charge is 0.365 e. The summed E-state index contributed by atoms with van der Waals surface area (Å²) in [4.78, 5) is 25.5. The highest BCUT2D eigenvalue weighted by atomic mass is 35.5. The minimum absolute atomic E-state index is 0.155. The molecule has 0 spiro atoms. The first-order valence-electron chi connectivity index (χ1n) is 8.06. The molecule has 3 amide bonds. The Hall–Kier alpha value is -2.09. The molecule has 1 aromatic carbocycles. The molecule has 2 atom stereocenters. The smallest absolute Gasteiger partial charge is 0.324 e. The number of primary amides is 1. The zero-order valence-electron chi connectivity index (χ0n) is 13.3. The van der Waals surface area contributed by atoms with E-state index >= 15 is 0 Å². The predicted molar refractivity (Wildman–Crippen MR) is 99.5 cm³/mol. The van der Waals surface area contributed by atoms with Crippen molar-refractivity contribution in [3.63, 3.8) is 0 Å². The van der Waals surface area contributed by atoms with E-state index in [0.29, 0.717) is 27.3 Å². The number of nitrogens with two attached hydrogens (primary N) is 1. The maximum Gasteiger partial charge on any atom is 0.324 e.